The molecule has 0 aliphatic heterocycles. The van der Waals surface area contributed by atoms with Gasteiger partial charge in [-0.1, -0.05) is 0 Å². The normalized spacial score (nSPS) is 10.2. The van der Waals surface area contributed by atoms with Gasteiger partial charge < -0.3 is 10.1 Å². The molecule has 0 spiro atoms. The summed E-state index contributed by atoms with van der Waals surface area (Å²) in [6, 6.07) is 5.65. The van der Waals surface area contributed by atoms with Gasteiger partial charge in [0.2, 0.25) is 5.88 Å². The van der Waals surface area contributed by atoms with E-state index >= 15 is 0 Å². The molecule has 17 heavy (non-hydrogen) atoms. The number of ether oxygens (including phenoxy) is 1. The molecule has 2 heterocycles. The Labute approximate surface area is 99.9 Å². The number of nitrogens with zero attached hydrogens (tertiary/aromatic N) is 3. The zero-order valence-corrected chi connectivity index (χ0v) is 9.63. The smallest absolute Gasteiger partial charge is 0.213 e. The molecule has 0 unspecified atom stereocenters. The van der Waals surface area contributed by atoms with E-state index in [0.717, 1.165) is 17.9 Å². The van der Waals surface area contributed by atoms with Gasteiger partial charge in [0.15, 0.2) is 0 Å². The van der Waals surface area contributed by atoms with Crippen molar-refractivity contribution in [2.24, 2.45) is 0 Å². The zero-order valence-electron chi connectivity index (χ0n) is 9.63. The highest BCUT2D eigenvalue weighted by Gasteiger charge is 1.98. The minimum atomic E-state index is 0.625. The molecule has 0 aromatic carbocycles. The summed E-state index contributed by atoms with van der Waals surface area (Å²) in [5, 5.41) is 3.26. The lowest BCUT2D eigenvalue weighted by atomic mass is 10.2. The SMILES string of the molecule is COc1cc(CNCc2ncccn2)ccn1. The number of hydrogen-bond acceptors (Lipinski definition) is 5. The van der Waals surface area contributed by atoms with Crippen molar-refractivity contribution in [2.75, 3.05) is 7.11 Å². The van der Waals surface area contributed by atoms with Crippen molar-refractivity contribution in [1.29, 1.82) is 0 Å². The Morgan fingerprint density at radius 3 is 2.71 bits per heavy atom. The molecule has 2 aromatic heterocycles. The Morgan fingerprint density at radius 2 is 1.94 bits per heavy atom. The first-order valence-corrected chi connectivity index (χ1v) is 5.34. The third-order valence-corrected chi connectivity index (χ3v) is 2.24. The summed E-state index contributed by atoms with van der Waals surface area (Å²) >= 11 is 0. The van der Waals surface area contributed by atoms with Crippen molar-refractivity contribution in [2.45, 2.75) is 13.1 Å². The Morgan fingerprint density at radius 1 is 1.12 bits per heavy atom. The molecule has 5 heteroatoms. The van der Waals surface area contributed by atoms with Crippen LogP contribution in [0.1, 0.15) is 11.4 Å². The summed E-state index contributed by atoms with van der Waals surface area (Å²) in [6.45, 7) is 1.38. The summed E-state index contributed by atoms with van der Waals surface area (Å²) in [6.07, 6.45) is 5.20. The molecule has 0 saturated carbocycles. The summed E-state index contributed by atoms with van der Waals surface area (Å²) in [5.74, 6) is 1.41. The van der Waals surface area contributed by atoms with Crippen LogP contribution in [0.2, 0.25) is 0 Å². The maximum Gasteiger partial charge on any atom is 0.213 e. The van der Waals surface area contributed by atoms with Crippen LogP contribution >= 0.6 is 0 Å². The van der Waals surface area contributed by atoms with Gasteiger partial charge in [-0.3, -0.25) is 0 Å². The molecular formula is C12H14N4O. The lowest BCUT2D eigenvalue weighted by Crippen LogP contribution is -2.14. The lowest BCUT2D eigenvalue weighted by molar-refractivity contribution is 0.397. The third kappa shape index (κ3) is 3.49. The van der Waals surface area contributed by atoms with E-state index in [-0.39, 0.29) is 0 Å². The van der Waals surface area contributed by atoms with E-state index < -0.39 is 0 Å². The molecular weight excluding hydrogens is 216 g/mol. The standard InChI is InChI=1S/C12H14N4O/c1-17-12-7-10(3-6-16-12)8-13-9-11-14-4-2-5-15-11/h2-7,13H,8-9H2,1H3. The maximum atomic E-state index is 5.06. The van der Waals surface area contributed by atoms with E-state index in [1.165, 1.54) is 0 Å². The van der Waals surface area contributed by atoms with Crippen LogP contribution in [0.3, 0.4) is 0 Å². The van der Waals surface area contributed by atoms with Crippen molar-refractivity contribution in [1.82, 2.24) is 20.3 Å². The molecule has 0 amide bonds. The average Bonchev–Trinajstić information content (AvgIpc) is 2.40. The summed E-state index contributed by atoms with van der Waals surface area (Å²) < 4.78 is 5.06. The number of aromatic nitrogens is 3. The van der Waals surface area contributed by atoms with Gasteiger partial charge in [0.05, 0.1) is 13.7 Å². The van der Waals surface area contributed by atoms with Crippen molar-refractivity contribution in [3.8, 4) is 5.88 Å². The third-order valence-electron chi connectivity index (χ3n) is 2.24. The van der Waals surface area contributed by atoms with Gasteiger partial charge in [0, 0.05) is 31.2 Å². The second-order valence-electron chi connectivity index (χ2n) is 3.48. The molecule has 5 nitrogen and oxygen atoms in total. The second-order valence-corrected chi connectivity index (χ2v) is 3.48. The summed E-state index contributed by atoms with van der Waals surface area (Å²) in [7, 11) is 1.61. The molecule has 0 aliphatic rings. The van der Waals surface area contributed by atoms with Gasteiger partial charge >= 0.3 is 0 Å². The van der Waals surface area contributed by atoms with Crippen LogP contribution in [0.15, 0.2) is 36.8 Å². The zero-order chi connectivity index (χ0) is 11.9. The van der Waals surface area contributed by atoms with Crippen molar-refractivity contribution in [3.05, 3.63) is 48.2 Å². The van der Waals surface area contributed by atoms with E-state index in [1.54, 1.807) is 31.8 Å². The molecule has 0 aliphatic carbocycles. The Hall–Kier alpha value is -2.01. The van der Waals surface area contributed by atoms with Crippen LogP contribution in [0.25, 0.3) is 0 Å². The van der Waals surface area contributed by atoms with Crippen molar-refractivity contribution in [3.63, 3.8) is 0 Å². The van der Waals surface area contributed by atoms with E-state index in [4.69, 9.17) is 4.74 Å². The van der Waals surface area contributed by atoms with Gasteiger partial charge in [0.25, 0.3) is 0 Å². The monoisotopic (exact) mass is 230 g/mol. The number of methoxy groups -OCH3 is 1. The fraction of sp³-hybridized carbons (Fsp3) is 0.250. The molecule has 88 valence electrons. The van der Waals surface area contributed by atoms with Crippen LogP contribution in [-0.2, 0) is 13.1 Å². The van der Waals surface area contributed by atoms with E-state index in [0.29, 0.717) is 12.4 Å². The van der Waals surface area contributed by atoms with Crippen LogP contribution in [0.5, 0.6) is 5.88 Å². The minimum Gasteiger partial charge on any atom is -0.481 e. The maximum absolute atomic E-state index is 5.06. The highest BCUT2D eigenvalue weighted by molar-refractivity contribution is 5.20. The van der Waals surface area contributed by atoms with Gasteiger partial charge in [-0.25, -0.2) is 15.0 Å². The number of pyridine rings is 1. The first-order valence-electron chi connectivity index (χ1n) is 5.34. The fourth-order valence-electron chi connectivity index (χ4n) is 1.41. The molecule has 1 N–H and O–H groups in total. The van der Waals surface area contributed by atoms with E-state index in [1.807, 2.05) is 12.1 Å². The molecule has 0 fully saturated rings. The van der Waals surface area contributed by atoms with Crippen LogP contribution in [0, 0.1) is 0 Å². The number of hydrogen-bond donors (Lipinski definition) is 1. The minimum absolute atomic E-state index is 0.625. The average molecular weight is 230 g/mol. The van der Waals surface area contributed by atoms with Crippen LogP contribution in [-0.4, -0.2) is 22.1 Å². The predicted octanol–water partition coefficient (Wildman–Crippen LogP) is 1.17. The fourth-order valence-corrected chi connectivity index (χ4v) is 1.41. The quantitative estimate of drug-likeness (QED) is 0.835. The van der Waals surface area contributed by atoms with Gasteiger partial charge in [-0.15, -0.1) is 0 Å². The Bertz CT molecular complexity index is 461. The number of rotatable bonds is 5. The van der Waals surface area contributed by atoms with Crippen molar-refractivity contribution < 1.29 is 4.74 Å². The topological polar surface area (TPSA) is 59.9 Å². The van der Waals surface area contributed by atoms with Gasteiger partial charge in [0.1, 0.15) is 5.82 Å². The van der Waals surface area contributed by atoms with E-state index in [9.17, 15) is 0 Å². The second kappa shape index (κ2) is 5.91. The molecule has 0 radical (unpaired) electrons. The first kappa shape index (κ1) is 11.5. The highest BCUT2D eigenvalue weighted by atomic mass is 16.5. The van der Waals surface area contributed by atoms with Crippen molar-refractivity contribution >= 4 is 0 Å². The molecule has 2 rings (SSSR count). The molecule has 2 aromatic rings. The molecule has 0 saturated heterocycles. The van der Waals surface area contributed by atoms with E-state index in [2.05, 4.69) is 20.3 Å². The summed E-state index contributed by atoms with van der Waals surface area (Å²) in [4.78, 5) is 12.3. The first-order chi connectivity index (χ1) is 8.38. The Kier molecular flexibility index (Phi) is 3.99. The molecule has 0 bridgehead atoms. The van der Waals surface area contributed by atoms with Gasteiger partial charge in [-0.05, 0) is 17.7 Å². The Balaban J connectivity index is 1.86. The molecule has 0 atom stereocenters. The number of nitrogens with one attached hydrogen (secondary N) is 1. The predicted molar refractivity (Wildman–Crippen MR) is 63.4 cm³/mol. The summed E-state index contributed by atoms with van der Waals surface area (Å²) in [5.41, 5.74) is 1.12. The van der Waals surface area contributed by atoms with Crippen LogP contribution < -0.4 is 10.1 Å². The van der Waals surface area contributed by atoms with Crippen LogP contribution in [0.4, 0.5) is 0 Å². The van der Waals surface area contributed by atoms with Gasteiger partial charge in [-0.2, -0.15) is 0 Å². The largest absolute Gasteiger partial charge is 0.481 e. The highest BCUT2D eigenvalue weighted by Crippen LogP contribution is 2.07. The lowest BCUT2D eigenvalue weighted by Gasteiger charge is -2.05.